The fourth-order valence-corrected chi connectivity index (χ4v) is 3.18. The third-order valence-corrected chi connectivity index (χ3v) is 4.72. The number of hydrogen-bond acceptors (Lipinski definition) is 6. The number of benzene rings is 3. The molecule has 0 N–H and O–H groups in total. The summed E-state index contributed by atoms with van der Waals surface area (Å²) >= 11 is 0. The van der Waals surface area contributed by atoms with Crippen LogP contribution in [0.2, 0.25) is 0 Å². The van der Waals surface area contributed by atoms with Crippen LogP contribution in [0, 0.1) is 5.82 Å². The van der Waals surface area contributed by atoms with Crippen molar-refractivity contribution < 1.29 is 32.9 Å². The van der Waals surface area contributed by atoms with Gasteiger partial charge in [-0.25, -0.2) is 9.18 Å². The third kappa shape index (κ3) is 4.32. The molecule has 0 saturated heterocycles. The van der Waals surface area contributed by atoms with Gasteiger partial charge in [-0.1, -0.05) is 6.07 Å². The van der Waals surface area contributed by atoms with Crippen LogP contribution in [-0.4, -0.2) is 25.5 Å². The van der Waals surface area contributed by atoms with E-state index >= 15 is 0 Å². The topological polar surface area (TPSA) is 71.1 Å². The maximum Gasteiger partial charge on any atom is 0.343 e. The molecule has 0 radical (unpaired) electrons. The second kappa shape index (κ2) is 8.93. The highest BCUT2D eigenvalue weighted by atomic mass is 19.1. The summed E-state index contributed by atoms with van der Waals surface area (Å²) in [5.41, 5.74) is 1.27. The molecule has 0 aromatic heterocycles. The minimum atomic E-state index is -0.649. The van der Waals surface area contributed by atoms with E-state index in [1.807, 2.05) is 6.92 Å². The Morgan fingerprint density at radius 3 is 2.53 bits per heavy atom. The van der Waals surface area contributed by atoms with Crippen molar-refractivity contribution in [3.05, 3.63) is 88.9 Å². The van der Waals surface area contributed by atoms with Gasteiger partial charge in [-0.3, -0.25) is 4.79 Å². The van der Waals surface area contributed by atoms with Crippen LogP contribution in [0.25, 0.3) is 6.08 Å². The summed E-state index contributed by atoms with van der Waals surface area (Å²) in [7, 11) is 1.43. The summed E-state index contributed by atoms with van der Waals surface area (Å²) in [5.74, 6) is 0.350. The number of fused-ring (bicyclic) bond motifs is 1. The van der Waals surface area contributed by atoms with Crippen LogP contribution >= 0.6 is 0 Å². The zero-order chi connectivity index (χ0) is 22.7. The Kier molecular flexibility index (Phi) is 5.89. The zero-order valence-corrected chi connectivity index (χ0v) is 17.4. The number of esters is 1. The summed E-state index contributed by atoms with van der Waals surface area (Å²) in [5, 5.41) is 0. The summed E-state index contributed by atoms with van der Waals surface area (Å²) in [6.07, 6.45) is 1.58. The minimum Gasteiger partial charge on any atom is -0.494 e. The van der Waals surface area contributed by atoms with Crippen LogP contribution in [0.15, 0.2) is 66.4 Å². The molecule has 0 bridgehead atoms. The molecule has 32 heavy (non-hydrogen) atoms. The lowest BCUT2D eigenvalue weighted by molar-refractivity contribution is 0.0729. The Morgan fingerprint density at radius 1 is 1.03 bits per heavy atom. The van der Waals surface area contributed by atoms with E-state index in [1.165, 1.54) is 31.4 Å². The number of Topliss-reactive ketones (excluding diaryl/α,β-unsaturated/α-hetero) is 1. The van der Waals surface area contributed by atoms with E-state index in [1.54, 1.807) is 42.5 Å². The first-order valence-electron chi connectivity index (χ1n) is 9.85. The van der Waals surface area contributed by atoms with Gasteiger partial charge in [-0.05, 0) is 67.1 Å². The molecule has 3 aromatic carbocycles. The van der Waals surface area contributed by atoms with E-state index in [2.05, 4.69) is 0 Å². The molecule has 0 unspecified atom stereocenters. The molecule has 0 spiro atoms. The Balaban J connectivity index is 1.55. The number of rotatable bonds is 6. The predicted molar refractivity (Wildman–Crippen MR) is 115 cm³/mol. The number of carbonyl (C=O) groups is 2. The van der Waals surface area contributed by atoms with Crippen LogP contribution in [0.4, 0.5) is 4.39 Å². The van der Waals surface area contributed by atoms with Crippen molar-refractivity contribution in [1.82, 2.24) is 0 Å². The fourth-order valence-electron chi connectivity index (χ4n) is 3.18. The second-order valence-corrected chi connectivity index (χ2v) is 6.84. The van der Waals surface area contributed by atoms with E-state index < -0.39 is 11.8 Å². The van der Waals surface area contributed by atoms with Crippen LogP contribution < -0.4 is 18.9 Å². The Bertz CT molecular complexity index is 1210. The van der Waals surface area contributed by atoms with Crippen molar-refractivity contribution in [2.45, 2.75) is 6.92 Å². The molecular formula is C25H19FO6. The lowest BCUT2D eigenvalue weighted by Crippen LogP contribution is -2.09. The van der Waals surface area contributed by atoms with Gasteiger partial charge in [0.25, 0.3) is 0 Å². The van der Waals surface area contributed by atoms with Gasteiger partial charge in [-0.2, -0.15) is 0 Å². The lowest BCUT2D eigenvalue weighted by Gasteiger charge is -2.10. The zero-order valence-electron chi connectivity index (χ0n) is 17.4. The smallest absolute Gasteiger partial charge is 0.343 e. The number of ketones is 1. The molecule has 6 nitrogen and oxygen atoms in total. The van der Waals surface area contributed by atoms with E-state index in [0.29, 0.717) is 29.2 Å². The van der Waals surface area contributed by atoms with Crippen molar-refractivity contribution >= 4 is 17.8 Å². The average molecular weight is 434 g/mol. The molecule has 0 aliphatic carbocycles. The summed E-state index contributed by atoms with van der Waals surface area (Å²) in [6, 6.07) is 14.9. The SMILES string of the molecule is CCOc1ccc2c(c1)O/C(=C\c1ccc(OC(=O)c3ccc(F)cc3)c(OC)c1)C2=O. The molecule has 7 heteroatoms. The molecule has 0 saturated carbocycles. The predicted octanol–water partition coefficient (Wildman–Crippen LogP) is 5.07. The number of hydrogen-bond donors (Lipinski definition) is 0. The van der Waals surface area contributed by atoms with Gasteiger partial charge >= 0.3 is 5.97 Å². The third-order valence-electron chi connectivity index (χ3n) is 4.72. The molecule has 1 heterocycles. The summed E-state index contributed by atoms with van der Waals surface area (Å²) in [4.78, 5) is 25.0. The Hall–Kier alpha value is -4.13. The normalized spacial score (nSPS) is 13.5. The van der Waals surface area contributed by atoms with Crippen molar-refractivity contribution in [2.75, 3.05) is 13.7 Å². The van der Waals surface area contributed by atoms with Crippen molar-refractivity contribution in [2.24, 2.45) is 0 Å². The van der Waals surface area contributed by atoms with Gasteiger partial charge in [0.05, 0.1) is 24.8 Å². The maximum absolute atomic E-state index is 13.1. The molecule has 3 aromatic rings. The van der Waals surface area contributed by atoms with Gasteiger partial charge < -0.3 is 18.9 Å². The van der Waals surface area contributed by atoms with E-state index in [4.69, 9.17) is 18.9 Å². The first-order chi connectivity index (χ1) is 15.5. The molecule has 0 atom stereocenters. The average Bonchev–Trinajstić information content (AvgIpc) is 3.10. The fraction of sp³-hybridized carbons (Fsp3) is 0.120. The van der Waals surface area contributed by atoms with Gasteiger partial charge in [0, 0.05) is 6.07 Å². The molecule has 0 fully saturated rings. The molecule has 162 valence electrons. The van der Waals surface area contributed by atoms with Crippen molar-refractivity contribution in [3.8, 4) is 23.0 Å². The highest BCUT2D eigenvalue weighted by Gasteiger charge is 2.28. The molecule has 0 amide bonds. The van der Waals surface area contributed by atoms with E-state index in [9.17, 15) is 14.0 Å². The Morgan fingerprint density at radius 2 is 1.81 bits per heavy atom. The Labute approximate surface area is 183 Å². The number of allylic oxidation sites excluding steroid dienone is 1. The highest BCUT2D eigenvalue weighted by molar-refractivity contribution is 6.14. The van der Waals surface area contributed by atoms with E-state index in [-0.39, 0.29) is 28.6 Å². The molecule has 1 aliphatic heterocycles. The number of methoxy groups -OCH3 is 1. The van der Waals surface area contributed by atoms with Crippen LogP contribution in [0.3, 0.4) is 0 Å². The first kappa shape index (κ1) is 21.1. The van der Waals surface area contributed by atoms with Gasteiger partial charge in [-0.15, -0.1) is 0 Å². The minimum absolute atomic E-state index is 0.159. The molecule has 1 aliphatic rings. The number of halogens is 1. The summed E-state index contributed by atoms with van der Waals surface area (Å²) in [6.45, 7) is 2.38. The van der Waals surface area contributed by atoms with Gasteiger partial charge in [0.15, 0.2) is 17.3 Å². The largest absolute Gasteiger partial charge is 0.494 e. The van der Waals surface area contributed by atoms with Gasteiger partial charge in [0.2, 0.25) is 5.78 Å². The standard InChI is InChI=1S/C25H19FO6/c1-3-30-18-9-10-19-21(14-18)31-23(24(19)27)13-15-4-11-20(22(12-15)29-2)32-25(28)16-5-7-17(26)8-6-16/h4-14H,3H2,1-2H3/b23-13-. The van der Waals surface area contributed by atoms with Crippen LogP contribution in [0.1, 0.15) is 33.2 Å². The number of ether oxygens (including phenoxy) is 4. The van der Waals surface area contributed by atoms with Crippen molar-refractivity contribution in [3.63, 3.8) is 0 Å². The van der Waals surface area contributed by atoms with Crippen LogP contribution in [-0.2, 0) is 0 Å². The molecule has 4 rings (SSSR count). The lowest BCUT2D eigenvalue weighted by atomic mass is 10.1. The number of carbonyl (C=O) groups excluding carboxylic acids is 2. The quantitative estimate of drug-likeness (QED) is 0.307. The van der Waals surface area contributed by atoms with Crippen molar-refractivity contribution in [1.29, 1.82) is 0 Å². The summed E-state index contributed by atoms with van der Waals surface area (Å²) < 4.78 is 34.9. The maximum atomic E-state index is 13.1. The monoisotopic (exact) mass is 434 g/mol. The van der Waals surface area contributed by atoms with Crippen LogP contribution in [0.5, 0.6) is 23.0 Å². The molecular weight excluding hydrogens is 415 g/mol. The van der Waals surface area contributed by atoms with Gasteiger partial charge in [0.1, 0.15) is 17.3 Å². The highest BCUT2D eigenvalue weighted by Crippen LogP contribution is 2.36. The first-order valence-corrected chi connectivity index (χ1v) is 9.85. The second-order valence-electron chi connectivity index (χ2n) is 6.84. The van der Waals surface area contributed by atoms with E-state index in [0.717, 1.165) is 0 Å².